The van der Waals surface area contributed by atoms with E-state index in [1.807, 2.05) is 12.1 Å². The maximum Gasteiger partial charge on any atom is 0.133 e. The number of rotatable bonds is 3. The maximum atomic E-state index is 6.08. The van der Waals surface area contributed by atoms with E-state index in [4.69, 9.17) is 17.3 Å². The first kappa shape index (κ1) is 12.8. The molecule has 2 rings (SSSR count). The Hall–Kier alpha value is -0.640. The van der Waals surface area contributed by atoms with Crippen LogP contribution in [0.3, 0.4) is 0 Å². The first-order valence-corrected chi connectivity index (χ1v) is 6.62. The highest BCUT2D eigenvalue weighted by Gasteiger charge is 2.22. The quantitative estimate of drug-likeness (QED) is 0.841. The predicted octanol–water partition coefficient (Wildman–Crippen LogP) is 2.29. The summed E-state index contributed by atoms with van der Waals surface area (Å²) in [6.07, 6.45) is 4.20. The van der Waals surface area contributed by atoms with E-state index in [0.29, 0.717) is 11.1 Å². The molecular weight excluding hydrogens is 234 g/mol. The van der Waals surface area contributed by atoms with Crippen molar-refractivity contribution in [2.75, 3.05) is 13.1 Å². The van der Waals surface area contributed by atoms with Crippen LogP contribution in [0.15, 0.2) is 18.3 Å². The molecule has 2 unspecified atom stereocenters. The van der Waals surface area contributed by atoms with Gasteiger partial charge in [-0.15, -0.1) is 0 Å². The Bertz CT molecular complexity index is 367. The van der Waals surface area contributed by atoms with Gasteiger partial charge in [0.25, 0.3) is 0 Å². The van der Waals surface area contributed by atoms with Crippen LogP contribution in [-0.4, -0.2) is 29.0 Å². The monoisotopic (exact) mass is 253 g/mol. The number of hydrogen-bond acceptors (Lipinski definition) is 3. The van der Waals surface area contributed by atoms with E-state index in [0.717, 1.165) is 25.2 Å². The summed E-state index contributed by atoms with van der Waals surface area (Å²) in [5.74, 6) is 0.610. The Morgan fingerprint density at radius 1 is 1.65 bits per heavy atom. The molecule has 1 aliphatic heterocycles. The third-order valence-electron chi connectivity index (χ3n) is 3.52. The van der Waals surface area contributed by atoms with E-state index < -0.39 is 0 Å². The molecule has 1 saturated heterocycles. The van der Waals surface area contributed by atoms with Crippen LogP contribution in [-0.2, 0) is 6.54 Å². The minimum Gasteiger partial charge on any atom is -0.328 e. The van der Waals surface area contributed by atoms with Gasteiger partial charge in [-0.2, -0.15) is 0 Å². The summed E-state index contributed by atoms with van der Waals surface area (Å²) < 4.78 is 0. The van der Waals surface area contributed by atoms with Gasteiger partial charge in [-0.1, -0.05) is 17.7 Å². The molecule has 17 heavy (non-hydrogen) atoms. The van der Waals surface area contributed by atoms with Gasteiger partial charge in [-0.05, 0) is 38.3 Å². The highest BCUT2D eigenvalue weighted by atomic mass is 35.5. The molecule has 0 radical (unpaired) electrons. The van der Waals surface area contributed by atoms with Crippen LogP contribution in [0.2, 0.25) is 5.15 Å². The number of aromatic nitrogens is 1. The van der Waals surface area contributed by atoms with Gasteiger partial charge in [0.2, 0.25) is 0 Å². The summed E-state index contributed by atoms with van der Waals surface area (Å²) in [5, 5.41) is 0.621. The van der Waals surface area contributed by atoms with Gasteiger partial charge >= 0.3 is 0 Å². The fourth-order valence-corrected chi connectivity index (χ4v) is 2.62. The standard InChI is InChI=1S/C13H20ClN3/c1-10(15)11-5-3-7-17(8-11)9-12-4-2-6-16-13(12)14/h2,4,6,10-11H,3,5,7-9,15H2,1H3. The Balaban J connectivity index is 1.97. The first-order valence-electron chi connectivity index (χ1n) is 6.24. The lowest BCUT2D eigenvalue weighted by molar-refractivity contribution is 0.154. The number of hydrogen-bond donors (Lipinski definition) is 1. The second-order valence-electron chi connectivity index (χ2n) is 4.95. The molecule has 1 fully saturated rings. The zero-order valence-electron chi connectivity index (χ0n) is 10.3. The predicted molar refractivity (Wildman–Crippen MR) is 70.9 cm³/mol. The molecule has 0 aromatic carbocycles. The van der Waals surface area contributed by atoms with E-state index in [1.165, 1.54) is 12.8 Å². The number of piperidine rings is 1. The molecule has 94 valence electrons. The molecule has 4 heteroatoms. The van der Waals surface area contributed by atoms with Crippen LogP contribution in [0.4, 0.5) is 0 Å². The summed E-state index contributed by atoms with van der Waals surface area (Å²) in [7, 11) is 0. The zero-order valence-corrected chi connectivity index (χ0v) is 11.0. The molecule has 0 spiro atoms. The maximum absolute atomic E-state index is 6.08. The molecular formula is C13H20ClN3. The number of pyridine rings is 1. The van der Waals surface area contributed by atoms with Crippen LogP contribution >= 0.6 is 11.6 Å². The van der Waals surface area contributed by atoms with E-state index in [-0.39, 0.29) is 6.04 Å². The molecule has 2 atom stereocenters. The van der Waals surface area contributed by atoms with Crippen LogP contribution in [0.25, 0.3) is 0 Å². The lowest BCUT2D eigenvalue weighted by atomic mass is 9.92. The molecule has 1 aromatic rings. The van der Waals surface area contributed by atoms with Crippen LogP contribution in [0.1, 0.15) is 25.3 Å². The minimum atomic E-state index is 0.280. The molecule has 0 aliphatic carbocycles. The lowest BCUT2D eigenvalue weighted by Crippen LogP contribution is -2.41. The number of halogens is 1. The topological polar surface area (TPSA) is 42.1 Å². The molecule has 2 N–H and O–H groups in total. The van der Waals surface area contributed by atoms with Crippen molar-refractivity contribution in [3.63, 3.8) is 0 Å². The Labute approximate surface area is 108 Å². The zero-order chi connectivity index (χ0) is 12.3. The van der Waals surface area contributed by atoms with Crippen molar-refractivity contribution in [2.24, 2.45) is 11.7 Å². The molecule has 0 amide bonds. The lowest BCUT2D eigenvalue weighted by Gasteiger charge is -2.34. The number of likely N-dealkylation sites (tertiary alicyclic amines) is 1. The summed E-state index contributed by atoms with van der Waals surface area (Å²) in [6, 6.07) is 4.26. The normalized spacial score (nSPS) is 23.6. The summed E-state index contributed by atoms with van der Waals surface area (Å²) in [4.78, 5) is 6.54. The second kappa shape index (κ2) is 5.80. The van der Waals surface area contributed by atoms with Crippen LogP contribution in [0, 0.1) is 5.92 Å². The third-order valence-corrected chi connectivity index (χ3v) is 3.86. The van der Waals surface area contributed by atoms with E-state index >= 15 is 0 Å². The second-order valence-corrected chi connectivity index (χ2v) is 5.31. The molecule has 3 nitrogen and oxygen atoms in total. The number of nitrogens with two attached hydrogens (primary N) is 1. The van der Waals surface area contributed by atoms with Gasteiger partial charge in [0.05, 0.1) is 0 Å². The Kier molecular flexibility index (Phi) is 4.37. The number of nitrogens with zero attached hydrogens (tertiary/aromatic N) is 2. The fourth-order valence-electron chi connectivity index (χ4n) is 2.44. The molecule has 1 aromatic heterocycles. The van der Waals surface area contributed by atoms with Crippen LogP contribution < -0.4 is 5.73 Å². The molecule has 2 heterocycles. The first-order chi connectivity index (χ1) is 8.16. The molecule has 0 bridgehead atoms. The Morgan fingerprint density at radius 3 is 3.18 bits per heavy atom. The van der Waals surface area contributed by atoms with Gasteiger partial charge < -0.3 is 5.73 Å². The Morgan fingerprint density at radius 2 is 2.47 bits per heavy atom. The van der Waals surface area contributed by atoms with Crippen molar-refractivity contribution < 1.29 is 0 Å². The van der Waals surface area contributed by atoms with Crippen LogP contribution in [0.5, 0.6) is 0 Å². The smallest absolute Gasteiger partial charge is 0.133 e. The summed E-state index contributed by atoms with van der Waals surface area (Å²) >= 11 is 6.08. The van der Waals surface area contributed by atoms with E-state index in [9.17, 15) is 0 Å². The van der Waals surface area contributed by atoms with Gasteiger partial charge in [0, 0.05) is 30.9 Å². The van der Waals surface area contributed by atoms with E-state index in [2.05, 4.69) is 16.8 Å². The van der Waals surface area contributed by atoms with Crippen molar-refractivity contribution in [3.8, 4) is 0 Å². The van der Waals surface area contributed by atoms with Gasteiger partial charge in [-0.25, -0.2) is 4.98 Å². The largest absolute Gasteiger partial charge is 0.328 e. The SMILES string of the molecule is CC(N)C1CCCN(Cc2cccnc2Cl)C1. The van der Waals surface area contributed by atoms with Crippen molar-refractivity contribution in [1.82, 2.24) is 9.88 Å². The van der Waals surface area contributed by atoms with Crippen molar-refractivity contribution in [2.45, 2.75) is 32.4 Å². The van der Waals surface area contributed by atoms with E-state index in [1.54, 1.807) is 6.20 Å². The average Bonchev–Trinajstić information content (AvgIpc) is 2.32. The van der Waals surface area contributed by atoms with Crippen molar-refractivity contribution >= 4 is 11.6 Å². The minimum absolute atomic E-state index is 0.280. The van der Waals surface area contributed by atoms with Crippen molar-refractivity contribution in [1.29, 1.82) is 0 Å². The fraction of sp³-hybridized carbons (Fsp3) is 0.615. The average molecular weight is 254 g/mol. The van der Waals surface area contributed by atoms with Gasteiger partial charge in [0.1, 0.15) is 5.15 Å². The molecule has 0 saturated carbocycles. The summed E-state index contributed by atoms with van der Waals surface area (Å²) in [5.41, 5.74) is 7.10. The molecule has 1 aliphatic rings. The highest BCUT2D eigenvalue weighted by molar-refractivity contribution is 6.30. The van der Waals surface area contributed by atoms with Gasteiger partial charge in [0.15, 0.2) is 0 Å². The summed E-state index contributed by atoms with van der Waals surface area (Å²) in [6.45, 7) is 5.19. The van der Waals surface area contributed by atoms with Gasteiger partial charge in [-0.3, -0.25) is 4.90 Å². The highest BCUT2D eigenvalue weighted by Crippen LogP contribution is 2.22. The third kappa shape index (κ3) is 3.41. The van der Waals surface area contributed by atoms with Crippen molar-refractivity contribution in [3.05, 3.63) is 29.0 Å².